The highest BCUT2D eigenvalue weighted by atomic mass is 32.2. The number of aliphatic hydroxyl groups excluding tert-OH is 1. The first-order valence-electron chi connectivity index (χ1n) is 7.03. The summed E-state index contributed by atoms with van der Waals surface area (Å²) in [6.07, 6.45) is -0.293. The van der Waals surface area contributed by atoms with E-state index in [1.807, 2.05) is 0 Å². The average Bonchev–Trinajstić information content (AvgIpc) is 2.94. The number of piperidine rings is 1. The van der Waals surface area contributed by atoms with Crippen LogP contribution in [0.4, 0.5) is 4.39 Å². The summed E-state index contributed by atoms with van der Waals surface area (Å²) in [5.74, 6) is 0.251. The van der Waals surface area contributed by atoms with Crippen LogP contribution < -0.4 is 4.74 Å². The van der Waals surface area contributed by atoms with Crippen molar-refractivity contribution in [2.45, 2.75) is 23.9 Å². The molecule has 0 amide bonds. The summed E-state index contributed by atoms with van der Waals surface area (Å²) in [7, 11) is -3.69. The second-order valence-electron chi connectivity index (χ2n) is 5.48. The van der Waals surface area contributed by atoms with Gasteiger partial charge in [-0.1, -0.05) is 0 Å². The SMILES string of the molecule is O=S(=O)(c1ccc2c(c1)CCO2)N1CC[C@H](CO)[C@@H](F)C1. The third-order valence-corrected chi connectivity index (χ3v) is 6.03. The summed E-state index contributed by atoms with van der Waals surface area (Å²) in [6.45, 7) is 0.362. The van der Waals surface area contributed by atoms with E-state index in [2.05, 4.69) is 0 Å². The number of aliphatic hydroxyl groups is 1. The molecule has 1 aromatic carbocycles. The standard InChI is InChI=1S/C14H18FNO4S/c15-13-8-16(5-3-11(13)9-17)21(18,19)12-1-2-14-10(7-12)4-6-20-14/h1-2,7,11,13,17H,3-6,8-9H2/t11-,13+/m1/s1. The highest BCUT2D eigenvalue weighted by molar-refractivity contribution is 7.89. The first-order chi connectivity index (χ1) is 10.0. The van der Waals surface area contributed by atoms with Crippen LogP contribution in [-0.4, -0.2) is 50.3 Å². The van der Waals surface area contributed by atoms with E-state index in [1.54, 1.807) is 12.1 Å². The van der Waals surface area contributed by atoms with Crippen molar-refractivity contribution in [2.75, 3.05) is 26.3 Å². The zero-order chi connectivity index (χ0) is 15.0. The topological polar surface area (TPSA) is 66.8 Å². The second kappa shape index (κ2) is 5.55. The van der Waals surface area contributed by atoms with Gasteiger partial charge in [-0.05, 0) is 30.2 Å². The van der Waals surface area contributed by atoms with E-state index in [1.165, 1.54) is 10.4 Å². The zero-order valence-corrected chi connectivity index (χ0v) is 12.4. The quantitative estimate of drug-likeness (QED) is 0.902. The summed E-state index contributed by atoms with van der Waals surface area (Å²) in [5, 5.41) is 9.05. The number of nitrogens with zero attached hydrogens (tertiary/aromatic N) is 1. The third-order valence-electron chi connectivity index (χ3n) is 4.17. The van der Waals surface area contributed by atoms with Crippen molar-refractivity contribution in [3.05, 3.63) is 23.8 Å². The molecule has 2 aliphatic heterocycles. The molecule has 0 spiro atoms. The molecule has 1 aromatic rings. The Morgan fingerprint density at radius 1 is 1.43 bits per heavy atom. The first kappa shape index (κ1) is 14.7. The molecular weight excluding hydrogens is 297 g/mol. The van der Waals surface area contributed by atoms with E-state index in [-0.39, 0.29) is 24.6 Å². The highest BCUT2D eigenvalue weighted by Gasteiger charge is 2.35. The maximum atomic E-state index is 13.9. The van der Waals surface area contributed by atoms with E-state index >= 15 is 0 Å². The Kier molecular flexibility index (Phi) is 3.90. The van der Waals surface area contributed by atoms with Gasteiger partial charge in [-0.15, -0.1) is 0 Å². The lowest BCUT2D eigenvalue weighted by Gasteiger charge is -2.33. The number of halogens is 1. The predicted octanol–water partition coefficient (Wildman–Crippen LogP) is 0.963. The van der Waals surface area contributed by atoms with Crippen LogP contribution in [0.5, 0.6) is 5.75 Å². The van der Waals surface area contributed by atoms with Crippen LogP contribution in [0.1, 0.15) is 12.0 Å². The fraction of sp³-hybridized carbons (Fsp3) is 0.571. The van der Waals surface area contributed by atoms with Crippen molar-refractivity contribution < 1.29 is 22.7 Å². The summed E-state index contributed by atoms with van der Waals surface area (Å²) >= 11 is 0. The molecular formula is C14H18FNO4S. The van der Waals surface area contributed by atoms with Crippen molar-refractivity contribution in [3.8, 4) is 5.75 Å². The molecule has 1 N–H and O–H groups in total. The molecule has 0 saturated carbocycles. The Labute approximate surface area is 123 Å². The molecule has 2 aliphatic rings. The van der Waals surface area contributed by atoms with E-state index in [0.29, 0.717) is 19.4 Å². The molecule has 5 nitrogen and oxygen atoms in total. The molecule has 0 bridgehead atoms. The van der Waals surface area contributed by atoms with Crippen LogP contribution >= 0.6 is 0 Å². The molecule has 0 aromatic heterocycles. The molecule has 1 saturated heterocycles. The second-order valence-corrected chi connectivity index (χ2v) is 7.42. The maximum absolute atomic E-state index is 13.9. The molecule has 7 heteroatoms. The monoisotopic (exact) mass is 315 g/mol. The first-order valence-corrected chi connectivity index (χ1v) is 8.47. The van der Waals surface area contributed by atoms with Crippen LogP contribution in [0.25, 0.3) is 0 Å². The van der Waals surface area contributed by atoms with Crippen LogP contribution in [0.3, 0.4) is 0 Å². The van der Waals surface area contributed by atoms with Gasteiger partial charge in [0.1, 0.15) is 11.9 Å². The van der Waals surface area contributed by atoms with Gasteiger partial charge in [-0.3, -0.25) is 0 Å². The number of hydrogen-bond acceptors (Lipinski definition) is 4. The molecule has 0 radical (unpaired) electrons. The van der Waals surface area contributed by atoms with Crippen LogP contribution in [-0.2, 0) is 16.4 Å². The lowest BCUT2D eigenvalue weighted by Crippen LogP contribution is -2.45. The Bertz CT molecular complexity index is 634. The summed E-state index contributed by atoms with van der Waals surface area (Å²) in [6, 6.07) is 4.77. The van der Waals surface area contributed by atoms with Gasteiger partial charge in [0.05, 0.1) is 11.5 Å². The van der Waals surface area contributed by atoms with Crippen LogP contribution in [0.2, 0.25) is 0 Å². The minimum atomic E-state index is -3.69. The van der Waals surface area contributed by atoms with Crippen molar-refractivity contribution in [1.29, 1.82) is 0 Å². The molecule has 1 fully saturated rings. The predicted molar refractivity (Wildman–Crippen MR) is 74.5 cm³/mol. The van der Waals surface area contributed by atoms with Crippen molar-refractivity contribution in [2.24, 2.45) is 5.92 Å². The van der Waals surface area contributed by atoms with Gasteiger partial charge in [-0.2, -0.15) is 4.31 Å². The lowest BCUT2D eigenvalue weighted by molar-refractivity contribution is 0.0821. The molecule has 0 unspecified atom stereocenters. The fourth-order valence-corrected chi connectivity index (χ4v) is 4.34. The number of hydrogen-bond donors (Lipinski definition) is 1. The Hall–Kier alpha value is -1.18. The summed E-state index contributed by atoms with van der Waals surface area (Å²) in [4.78, 5) is 0.182. The van der Waals surface area contributed by atoms with Crippen molar-refractivity contribution in [1.82, 2.24) is 4.31 Å². The number of sulfonamides is 1. The number of ether oxygens (including phenoxy) is 1. The van der Waals surface area contributed by atoms with E-state index in [4.69, 9.17) is 9.84 Å². The number of fused-ring (bicyclic) bond motifs is 1. The summed E-state index contributed by atoms with van der Waals surface area (Å²) in [5.41, 5.74) is 0.873. The Balaban J connectivity index is 1.84. The van der Waals surface area contributed by atoms with Gasteiger partial charge in [0.2, 0.25) is 10.0 Å². The van der Waals surface area contributed by atoms with Crippen molar-refractivity contribution >= 4 is 10.0 Å². The minimum absolute atomic E-state index is 0.182. The molecule has 2 atom stereocenters. The smallest absolute Gasteiger partial charge is 0.243 e. The van der Waals surface area contributed by atoms with Crippen LogP contribution in [0.15, 0.2) is 23.1 Å². The molecule has 0 aliphatic carbocycles. The van der Waals surface area contributed by atoms with Gasteiger partial charge in [0.25, 0.3) is 0 Å². The minimum Gasteiger partial charge on any atom is -0.493 e. The third kappa shape index (κ3) is 2.65. The number of rotatable bonds is 3. The number of alkyl halides is 1. The van der Waals surface area contributed by atoms with Gasteiger partial charge < -0.3 is 9.84 Å². The van der Waals surface area contributed by atoms with Crippen molar-refractivity contribution in [3.63, 3.8) is 0 Å². The fourth-order valence-electron chi connectivity index (χ4n) is 2.82. The van der Waals surface area contributed by atoms with Crippen LogP contribution in [0, 0.1) is 5.92 Å². The molecule has 2 heterocycles. The summed E-state index contributed by atoms with van der Waals surface area (Å²) < 4.78 is 45.6. The molecule has 3 rings (SSSR count). The van der Waals surface area contributed by atoms with Gasteiger partial charge in [-0.25, -0.2) is 12.8 Å². The van der Waals surface area contributed by atoms with E-state index in [0.717, 1.165) is 11.3 Å². The van der Waals surface area contributed by atoms with Gasteiger partial charge in [0.15, 0.2) is 0 Å². The van der Waals surface area contributed by atoms with E-state index < -0.39 is 22.1 Å². The highest BCUT2D eigenvalue weighted by Crippen LogP contribution is 2.30. The maximum Gasteiger partial charge on any atom is 0.243 e. The zero-order valence-electron chi connectivity index (χ0n) is 11.5. The average molecular weight is 315 g/mol. The van der Waals surface area contributed by atoms with Gasteiger partial charge in [0, 0.05) is 32.0 Å². The lowest BCUT2D eigenvalue weighted by atomic mass is 9.97. The molecule has 116 valence electrons. The number of benzene rings is 1. The molecule has 21 heavy (non-hydrogen) atoms. The Morgan fingerprint density at radius 2 is 2.24 bits per heavy atom. The normalized spacial score (nSPS) is 26.4. The largest absolute Gasteiger partial charge is 0.493 e. The van der Waals surface area contributed by atoms with E-state index in [9.17, 15) is 12.8 Å². The Morgan fingerprint density at radius 3 is 2.95 bits per heavy atom. The van der Waals surface area contributed by atoms with Gasteiger partial charge >= 0.3 is 0 Å².